The second-order valence-electron chi connectivity index (χ2n) is 7.49. The number of halogens is 3. The van der Waals surface area contributed by atoms with E-state index in [1.54, 1.807) is 20.8 Å². The number of hydrogen-bond acceptors (Lipinski definition) is 5. The van der Waals surface area contributed by atoms with Gasteiger partial charge in [0.2, 0.25) is 5.91 Å². The van der Waals surface area contributed by atoms with Gasteiger partial charge in [-0.3, -0.25) is 9.59 Å². The fourth-order valence-electron chi connectivity index (χ4n) is 2.67. The average molecular weight is 418 g/mol. The molecule has 0 spiro atoms. The molecule has 0 aromatic heterocycles. The molecule has 3 N–H and O–H groups in total. The maximum Gasteiger partial charge on any atom is 0.416 e. The second-order valence-corrected chi connectivity index (χ2v) is 7.49. The van der Waals surface area contributed by atoms with Crippen molar-refractivity contribution in [2.24, 2.45) is 5.73 Å². The van der Waals surface area contributed by atoms with Crippen LogP contribution in [0, 0.1) is 6.92 Å². The maximum absolute atomic E-state index is 13.3. The van der Waals surface area contributed by atoms with E-state index in [2.05, 4.69) is 10.1 Å². The van der Waals surface area contributed by atoms with E-state index in [0.717, 1.165) is 13.2 Å². The topological polar surface area (TPSA) is 108 Å². The molecule has 29 heavy (non-hydrogen) atoms. The third kappa shape index (κ3) is 7.28. The van der Waals surface area contributed by atoms with E-state index in [0.29, 0.717) is 0 Å². The Hall–Kier alpha value is -2.78. The number of rotatable bonds is 6. The number of carbonyl (C=O) groups excluding carboxylic acids is 3. The van der Waals surface area contributed by atoms with Crippen molar-refractivity contribution in [3.8, 4) is 0 Å². The van der Waals surface area contributed by atoms with Crippen LogP contribution in [-0.2, 0) is 25.2 Å². The summed E-state index contributed by atoms with van der Waals surface area (Å²) in [5, 5.41) is 2.25. The van der Waals surface area contributed by atoms with Gasteiger partial charge in [-0.1, -0.05) is 12.1 Å². The molecule has 1 unspecified atom stereocenters. The summed E-state index contributed by atoms with van der Waals surface area (Å²) in [6.45, 7) is 6.06. The summed E-state index contributed by atoms with van der Waals surface area (Å²) < 4.78 is 49.6. The molecule has 0 aliphatic rings. The van der Waals surface area contributed by atoms with E-state index in [1.807, 2.05) is 0 Å². The average Bonchev–Trinajstić information content (AvgIpc) is 2.55. The van der Waals surface area contributed by atoms with Crippen molar-refractivity contribution in [3.63, 3.8) is 0 Å². The van der Waals surface area contributed by atoms with Crippen LogP contribution in [0.1, 0.15) is 49.8 Å². The highest BCUT2D eigenvalue weighted by molar-refractivity contribution is 5.86. The molecule has 162 valence electrons. The minimum Gasteiger partial charge on any atom is -0.469 e. The third-order valence-corrected chi connectivity index (χ3v) is 3.99. The lowest BCUT2D eigenvalue weighted by Gasteiger charge is -2.28. The van der Waals surface area contributed by atoms with Gasteiger partial charge in [0.15, 0.2) is 0 Å². The van der Waals surface area contributed by atoms with E-state index in [9.17, 15) is 27.6 Å². The van der Waals surface area contributed by atoms with E-state index < -0.39 is 53.7 Å². The first-order valence-electron chi connectivity index (χ1n) is 8.69. The summed E-state index contributed by atoms with van der Waals surface area (Å²) in [4.78, 5) is 36.0. The van der Waals surface area contributed by atoms with Crippen molar-refractivity contribution in [3.05, 3.63) is 34.9 Å². The van der Waals surface area contributed by atoms with Gasteiger partial charge in [0.05, 0.1) is 19.1 Å². The highest BCUT2D eigenvalue weighted by Crippen LogP contribution is 2.35. The second kappa shape index (κ2) is 9.15. The van der Waals surface area contributed by atoms with Gasteiger partial charge in [-0.05, 0) is 44.9 Å². The molecule has 1 aromatic carbocycles. The summed E-state index contributed by atoms with van der Waals surface area (Å²) in [7, 11) is 1.09. The number of alkyl halides is 3. The lowest BCUT2D eigenvalue weighted by molar-refractivity contribution is -0.141. The number of carbonyl (C=O) groups is 3. The monoisotopic (exact) mass is 418 g/mol. The first-order valence-corrected chi connectivity index (χ1v) is 8.69. The summed E-state index contributed by atoms with van der Waals surface area (Å²) in [5.41, 5.74) is 3.52. The zero-order chi connectivity index (χ0) is 22.6. The van der Waals surface area contributed by atoms with Crippen LogP contribution in [0.15, 0.2) is 18.2 Å². The summed E-state index contributed by atoms with van der Waals surface area (Å²) in [6, 6.07) is 1.88. The molecule has 0 saturated carbocycles. The smallest absolute Gasteiger partial charge is 0.416 e. The van der Waals surface area contributed by atoms with Crippen LogP contribution >= 0.6 is 0 Å². The van der Waals surface area contributed by atoms with Crippen LogP contribution < -0.4 is 11.1 Å². The number of methoxy groups -OCH3 is 1. The van der Waals surface area contributed by atoms with Gasteiger partial charge in [0.1, 0.15) is 11.6 Å². The molecule has 0 aliphatic heterocycles. The number of esters is 1. The third-order valence-electron chi connectivity index (χ3n) is 3.99. The number of nitrogens with two attached hydrogens (primary N) is 1. The van der Waals surface area contributed by atoms with Gasteiger partial charge in [0.25, 0.3) is 0 Å². The Kier molecular flexibility index (Phi) is 7.65. The Bertz CT molecular complexity index is 772. The van der Waals surface area contributed by atoms with Gasteiger partial charge in [0, 0.05) is 5.92 Å². The Balaban J connectivity index is 3.40. The Morgan fingerprint density at radius 2 is 1.76 bits per heavy atom. The number of aryl methyl sites for hydroxylation is 1. The zero-order valence-electron chi connectivity index (χ0n) is 16.8. The molecular weight excluding hydrogens is 393 g/mol. The minimum absolute atomic E-state index is 0.00631. The van der Waals surface area contributed by atoms with Crippen LogP contribution in [0.5, 0.6) is 0 Å². The molecule has 2 amide bonds. The molecule has 0 radical (unpaired) electrons. The largest absolute Gasteiger partial charge is 0.469 e. The van der Waals surface area contributed by atoms with Crippen LogP contribution in [0.2, 0.25) is 0 Å². The summed E-state index contributed by atoms with van der Waals surface area (Å²) in [6.07, 6.45) is -6.13. The standard InChI is InChI=1S/C19H25F3N2O5/c1-10-6-7-11(8-13(10)19(20,21)22)12(9-14(25)28-5)15(16(23)26)24-17(27)29-18(2,3)4/h6-8,12,15H,9H2,1-5H3,(H2,23,26)(H,24,27)/t12-,15?/m0/s1. The number of ether oxygens (including phenoxy) is 2. The molecule has 1 aromatic rings. The van der Waals surface area contributed by atoms with E-state index in [-0.39, 0.29) is 11.1 Å². The van der Waals surface area contributed by atoms with E-state index in [4.69, 9.17) is 10.5 Å². The lowest BCUT2D eigenvalue weighted by atomic mass is 9.86. The lowest BCUT2D eigenvalue weighted by Crippen LogP contribution is -2.50. The minimum atomic E-state index is -4.64. The zero-order valence-corrected chi connectivity index (χ0v) is 16.8. The Morgan fingerprint density at radius 1 is 1.17 bits per heavy atom. The number of alkyl carbamates (subject to hydrolysis) is 1. The van der Waals surface area contributed by atoms with Gasteiger partial charge in [-0.25, -0.2) is 4.79 Å². The molecule has 0 heterocycles. The van der Waals surface area contributed by atoms with Crippen LogP contribution in [0.3, 0.4) is 0 Å². The van der Waals surface area contributed by atoms with Gasteiger partial charge in [-0.15, -0.1) is 0 Å². The molecular formula is C19H25F3N2O5. The van der Waals surface area contributed by atoms with E-state index >= 15 is 0 Å². The van der Waals surface area contributed by atoms with E-state index in [1.165, 1.54) is 19.1 Å². The van der Waals surface area contributed by atoms with Gasteiger partial charge >= 0.3 is 18.2 Å². The molecule has 10 heteroatoms. The summed E-state index contributed by atoms with van der Waals surface area (Å²) in [5.74, 6) is -3.03. The van der Waals surface area contributed by atoms with Crippen molar-refractivity contribution in [1.29, 1.82) is 0 Å². The quantitative estimate of drug-likeness (QED) is 0.691. The molecule has 2 atom stereocenters. The van der Waals surface area contributed by atoms with Crippen molar-refractivity contribution in [2.75, 3.05) is 7.11 Å². The normalized spacial score (nSPS) is 13.9. The summed E-state index contributed by atoms with van der Waals surface area (Å²) >= 11 is 0. The Morgan fingerprint density at radius 3 is 2.21 bits per heavy atom. The SMILES string of the molecule is COC(=O)C[C@@H](c1ccc(C)c(C(F)(F)F)c1)C(NC(=O)OC(C)(C)C)C(N)=O. The van der Waals surface area contributed by atoms with Crippen LogP contribution in [0.4, 0.5) is 18.0 Å². The van der Waals surface area contributed by atoms with Crippen LogP contribution in [0.25, 0.3) is 0 Å². The Labute approximate surface area is 166 Å². The van der Waals surface area contributed by atoms with Gasteiger partial charge < -0.3 is 20.5 Å². The van der Waals surface area contributed by atoms with Gasteiger partial charge in [-0.2, -0.15) is 13.2 Å². The predicted octanol–water partition coefficient (Wildman–Crippen LogP) is 3.04. The molecule has 7 nitrogen and oxygen atoms in total. The molecule has 0 bridgehead atoms. The first kappa shape index (κ1) is 24.3. The highest BCUT2D eigenvalue weighted by Gasteiger charge is 2.37. The number of benzene rings is 1. The fraction of sp³-hybridized carbons (Fsp3) is 0.526. The first-order chi connectivity index (χ1) is 13.2. The molecule has 1 rings (SSSR count). The number of primary amides is 1. The molecule has 0 fully saturated rings. The number of amides is 2. The maximum atomic E-state index is 13.3. The van der Waals surface area contributed by atoms with Crippen molar-refractivity contribution in [2.45, 2.75) is 57.9 Å². The van der Waals surface area contributed by atoms with Crippen molar-refractivity contribution < 1.29 is 37.0 Å². The number of hydrogen-bond donors (Lipinski definition) is 2. The molecule has 0 aliphatic carbocycles. The number of nitrogens with one attached hydrogen (secondary N) is 1. The predicted molar refractivity (Wildman–Crippen MR) is 97.9 cm³/mol. The highest BCUT2D eigenvalue weighted by atomic mass is 19.4. The van der Waals surface area contributed by atoms with Crippen molar-refractivity contribution in [1.82, 2.24) is 5.32 Å². The molecule has 0 saturated heterocycles. The fourth-order valence-corrected chi connectivity index (χ4v) is 2.67. The van der Waals surface area contributed by atoms with Crippen LogP contribution in [-0.4, -0.2) is 36.7 Å². The van der Waals surface area contributed by atoms with Crippen molar-refractivity contribution >= 4 is 18.0 Å².